The lowest BCUT2D eigenvalue weighted by Gasteiger charge is -2.29. The van der Waals surface area contributed by atoms with Crippen molar-refractivity contribution in [3.05, 3.63) is 28.2 Å². The summed E-state index contributed by atoms with van der Waals surface area (Å²) in [7, 11) is 1.72. The summed E-state index contributed by atoms with van der Waals surface area (Å²) in [5, 5.41) is 3.71. The Bertz CT molecular complexity index is 413. The molecule has 1 N–H and O–H groups in total. The first-order valence-electron chi connectivity index (χ1n) is 7.78. The summed E-state index contributed by atoms with van der Waals surface area (Å²) < 4.78 is 6.45. The van der Waals surface area contributed by atoms with Crippen molar-refractivity contribution in [2.75, 3.05) is 7.11 Å². The molecule has 1 fully saturated rings. The molecule has 1 saturated carbocycles. The van der Waals surface area contributed by atoms with Gasteiger partial charge in [0.05, 0.1) is 7.11 Å². The van der Waals surface area contributed by atoms with E-state index in [0.717, 1.165) is 22.7 Å². The van der Waals surface area contributed by atoms with Gasteiger partial charge in [-0.25, -0.2) is 0 Å². The van der Waals surface area contributed by atoms with Gasteiger partial charge in [-0.2, -0.15) is 0 Å². The molecule has 0 aliphatic heterocycles. The molecular formula is C17H26BrNO. The first-order chi connectivity index (χ1) is 9.72. The van der Waals surface area contributed by atoms with E-state index >= 15 is 0 Å². The number of ether oxygens (including phenoxy) is 1. The van der Waals surface area contributed by atoms with Crippen LogP contribution in [0.3, 0.4) is 0 Å². The first kappa shape index (κ1) is 15.8. The minimum Gasteiger partial charge on any atom is -0.497 e. The molecule has 3 heteroatoms. The Morgan fingerprint density at radius 2 is 2.00 bits per heavy atom. The number of hydrogen-bond acceptors (Lipinski definition) is 2. The Hall–Kier alpha value is -0.540. The quantitative estimate of drug-likeness (QED) is 0.795. The molecule has 2 rings (SSSR count). The van der Waals surface area contributed by atoms with Crippen LogP contribution in [-0.4, -0.2) is 13.2 Å². The maximum absolute atomic E-state index is 5.29. The van der Waals surface area contributed by atoms with Crippen molar-refractivity contribution in [2.45, 2.75) is 58.0 Å². The molecule has 0 atom stereocenters. The van der Waals surface area contributed by atoms with Gasteiger partial charge in [-0.05, 0) is 55.4 Å². The van der Waals surface area contributed by atoms with Crippen LogP contribution in [0.5, 0.6) is 5.75 Å². The number of nitrogens with one attached hydrogen (secondary N) is 1. The van der Waals surface area contributed by atoms with E-state index in [1.54, 1.807) is 7.11 Å². The highest BCUT2D eigenvalue weighted by molar-refractivity contribution is 9.10. The van der Waals surface area contributed by atoms with E-state index in [1.807, 2.05) is 6.07 Å². The summed E-state index contributed by atoms with van der Waals surface area (Å²) in [6, 6.07) is 6.85. The van der Waals surface area contributed by atoms with E-state index in [9.17, 15) is 0 Å². The normalized spacial score (nSPS) is 22.8. The lowest BCUT2D eigenvalue weighted by Crippen LogP contribution is -2.32. The van der Waals surface area contributed by atoms with Crippen molar-refractivity contribution in [3.8, 4) is 5.75 Å². The van der Waals surface area contributed by atoms with Crippen molar-refractivity contribution < 1.29 is 4.74 Å². The molecule has 20 heavy (non-hydrogen) atoms. The molecule has 0 bridgehead atoms. The molecule has 2 nitrogen and oxygen atoms in total. The Labute approximate surface area is 131 Å². The van der Waals surface area contributed by atoms with Crippen LogP contribution in [0.25, 0.3) is 0 Å². The Balaban J connectivity index is 1.81. The van der Waals surface area contributed by atoms with Gasteiger partial charge in [-0.15, -0.1) is 0 Å². The maximum atomic E-state index is 5.29. The third kappa shape index (κ3) is 4.49. The number of rotatable bonds is 6. The van der Waals surface area contributed by atoms with Gasteiger partial charge in [-0.1, -0.05) is 35.7 Å². The second-order valence-electron chi connectivity index (χ2n) is 5.84. The molecule has 1 aliphatic rings. The lowest BCUT2D eigenvalue weighted by molar-refractivity contribution is 0.277. The topological polar surface area (TPSA) is 21.3 Å². The van der Waals surface area contributed by atoms with Gasteiger partial charge in [0.2, 0.25) is 0 Å². The summed E-state index contributed by atoms with van der Waals surface area (Å²) in [6.07, 6.45) is 8.18. The van der Waals surface area contributed by atoms with Crippen molar-refractivity contribution in [1.29, 1.82) is 0 Å². The van der Waals surface area contributed by atoms with Crippen molar-refractivity contribution in [2.24, 2.45) is 5.92 Å². The molecule has 1 aromatic rings. The van der Waals surface area contributed by atoms with Crippen molar-refractivity contribution in [3.63, 3.8) is 0 Å². The first-order valence-corrected chi connectivity index (χ1v) is 8.58. The van der Waals surface area contributed by atoms with Crippen LogP contribution in [0.2, 0.25) is 0 Å². The predicted molar refractivity (Wildman–Crippen MR) is 88.2 cm³/mol. The van der Waals surface area contributed by atoms with E-state index < -0.39 is 0 Å². The Kier molecular flexibility index (Phi) is 6.37. The largest absolute Gasteiger partial charge is 0.497 e. The fourth-order valence-electron chi connectivity index (χ4n) is 3.13. The van der Waals surface area contributed by atoms with Crippen LogP contribution >= 0.6 is 15.9 Å². The van der Waals surface area contributed by atoms with Gasteiger partial charge in [0.1, 0.15) is 5.75 Å². The fourth-order valence-corrected chi connectivity index (χ4v) is 3.52. The van der Waals surface area contributed by atoms with Crippen LogP contribution in [0.1, 0.15) is 51.0 Å². The number of benzene rings is 1. The molecule has 0 heterocycles. The van der Waals surface area contributed by atoms with E-state index in [4.69, 9.17) is 4.74 Å². The second-order valence-corrected chi connectivity index (χ2v) is 6.70. The highest BCUT2D eigenvalue weighted by atomic mass is 79.9. The van der Waals surface area contributed by atoms with E-state index in [0.29, 0.717) is 6.04 Å². The lowest BCUT2D eigenvalue weighted by atomic mass is 9.83. The SMILES string of the molecule is CCCC1CCC(NCc2cc(OC)ccc2Br)CC1. The third-order valence-electron chi connectivity index (χ3n) is 4.38. The average Bonchev–Trinajstić information content (AvgIpc) is 2.48. The summed E-state index contributed by atoms with van der Waals surface area (Å²) in [4.78, 5) is 0. The molecule has 0 amide bonds. The number of methoxy groups -OCH3 is 1. The highest BCUT2D eigenvalue weighted by Crippen LogP contribution is 2.28. The maximum Gasteiger partial charge on any atom is 0.119 e. The molecule has 0 spiro atoms. The fraction of sp³-hybridized carbons (Fsp3) is 0.647. The molecule has 1 aliphatic carbocycles. The van der Waals surface area contributed by atoms with Crippen LogP contribution in [0.15, 0.2) is 22.7 Å². The predicted octanol–water partition coefficient (Wildman–Crippen LogP) is 4.91. The zero-order valence-electron chi connectivity index (χ0n) is 12.6. The Morgan fingerprint density at radius 1 is 1.25 bits per heavy atom. The van der Waals surface area contributed by atoms with E-state index in [1.165, 1.54) is 44.1 Å². The number of halogens is 1. The molecule has 0 radical (unpaired) electrons. The highest BCUT2D eigenvalue weighted by Gasteiger charge is 2.20. The summed E-state index contributed by atoms with van der Waals surface area (Å²) in [5.74, 6) is 1.90. The average molecular weight is 340 g/mol. The van der Waals surface area contributed by atoms with E-state index in [-0.39, 0.29) is 0 Å². The zero-order valence-corrected chi connectivity index (χ0v) is 14.2. The van der Waals surface area contributed by atoms with E-state index in [2.05, 4.69) is 40.3 Å². The third-order valence-corrected chi connectivity index (χ3v) is 5.15. The van der Waals surface area contributed by atoms with Gasteiger partial charge in [0.15, 0.2) is 0 Å². The van der Waals surface area contributed by atoms with Gasteiger partial charge >= 0.3 is 0 Å². The van der Waals surface area contributed by atoms with Crippen molar-refractivity contribution in [1.82, 2.24) is 5.32 Å². The standard InChI is InChI=1S/C17H26BrNO/c1-3-4-13-5-7-15(8-6-13)19-12-14-11-16(20-2)9-10-17(14)18/h9-11,13,15,19H,3-8,12H2,1-2H3. The molecule has 0 saturated heterocycles. The summed E-state index contributed by atoms with van der Waals surface area (Å²) >= 11 is 3.62. The summed E-state index contributed by atoms with van der Waals surface area (Å²) in [5.41, 5.74) is 1.28. The van der Waals surface area contributed by atoms with Crippen LogP contribution in [-0.2, 0) is 6.54 Å². The van der Waals surface area contributed by atoms with Gasteiger partial charge in [0.25, 0.3) is 0 Å². The van der Waals surface area contributed by atoms with Crippen LogP contribution < -0.4 is 10.1 Å². The van der Waals surface area contributed by atoms with Crippen LogP contribution in [0, 0.1) is 5.92 Å². The smallest absolute Gasteiger partial charge is 0.119 e. The van der Waals surface area contributed by atoms with Crippen LogP contribution in [0.4, 0.5) is 0 Å². The molecule has 112 valence electrons. The van der Waals surface area contributed by atoms with Gasteiger partial charge < -0.3 is 10.1 Å². The monoisotopic (exact) mass is 339 g/mol. The number of hydrogen-bond donors (Lipinski definition) is 1. The van der Waals surface area contributed by atoms with Crippen molar-refractivity contribution >= 4 is 15.9 Å². The zero-order chi connectivity index (χ0) is 14.4. The molecule has 0 unspecified atom stereocenters. The molecule has 0 aromatic heterocycles. The minimum atomic E-state index is 0.682. The second kappa shape index (κ2) is 8.04. The summed E-state index contributed by atoms with van der Waals surface area (Å²) in [6.45, 7) is 3.21. The minimum absolute atomic E-state index is 0.682. The van der Waals surface area contributed by atoms with Gasteiger partial charge in [0, 0.05) is 17.1 Å². The Morgan fingerprint density at radius 3 is 2.65 bits per heavy atom. The van der Waals surface area contributed by atoms with Gasteiger partial charge in [-0.3, -0.25) is 0 Å². The molecular weight excluding hydrogens is 314 g/mol. The molecule has 1 aromatic carbocycles.